The Morgan fingerprint density at radius 2 is 1.89 bits per heavy atom. The van der Waals surface area contributed by atoms with Crippen LogP contribution in [0.15, 0.2) is 18.2 Å². The van der Waals surface area contributed by atoms with E-state index < -0.39 is 11.7 Å². The van der Waals surface area contributed by atoms with E-state index in [9.17, 15) is 9.59 Å². The van der Waals surface area contributed by atoms with Crippen LogP contribution >= 0.6 is 11.6 Å². The number of fused-ring (bicyclic) bond motifs is 1. The molecule has 0 aliphatic carbocycles. The Morgan fingerprint density at radius 1 is 1.16 bits per heavy atom. The van der Waals surface area contributed by atoms with Gasteiger partial charge in [-0.2, -0.15) is 0 Å². The number of quaternary nitrogens is 1. The first kappa shape index (κ1) is 12.6. The number of hydrogen-bond acceptors (Lipinski definition) is 2. The van der Waals surface area contributed by atoms with E-state index in [0.29, 0.717) is 22.9 Å². The number of hydrogen-bond donors (Lipinski definition) is 1. The van der Waals surface area contributed by atoms with Gasteiger partial charge < -0.3 is 4.90 Å². The molecule has 0 spiro atoms. The van der Waals surface area contributed by atoms with Crippen molar-refractivity contribution in [2.45, 2.75) is 19.3 Å². The zero-order chi connectivity index (χ0) is 13.4. The summed E-state index contributed by atoms with van der Waals surface area (Å²) in [6.07, 6.45) is 3.65. The fourth-order valence-corrected chi connectivity index (χ4v) is 3.04. The topological polar surface area (TPSA) is 41.8 Å². The Bertz CT molecular complexity index is 538. The van der Waals surface area contributed by atoms with Gasteiger partial charge in [-0.3, -0.25) is 14.5 Å². The Hall–Kier alpha value is -1.39. The first-order valence-corrected chi connectivity index (χ1v) is 7.04. The van der Waals surface area contributed by atoms with Crippen molar-refractivity contribution < 1.29 is 14.5 Å². The van der Waals surface area contributed by atoms with Gasteiger partial charge in [0.1, 0.15) is 0 Å². The average molecular weight is 280 g/mol. The highest BCUT2D eigenvalue weighted by atomic mass is 35.5. The van der Waals surface area contributed by atoms with Gasteiger partial charge in [0.15, 0.2) is 6.67 Å². The minimum absolute atomic E-state index is 0.421. The van der Waals surface area contributed by atoms with E-state index in [0.717, 1.165) is 13.1 Å². The van der Waals surface area contributed by atoms with Crippen molar-refractivity contribution in [3.8, 4) is 0 Å². The Morgan fingerprint density at radius 3 is 2.63 bits per heavy atom. The molecule has 0 radical (unpaired) electrons. The van der Waals surface area contributed by atoms with Gasteiger partial charge >= 0.3 is 5.91 Å². The number of carbonyl (C=O) groups is 2. The van der Waals surface area contributed by atoms with E-state index in [2.05, 4.69) is 0 Å². The maximum atomic E-state index is 12.1. The van der Waals surface area contributed by atoms with Crippen molar-refractivity contribution in [1.82, 2.24) is 0 Å². The van der Waals surface area contributed by atoms with Gasteiger partial charge in [0.05, 0.1) is 24.3 Å². The first-order chi connectivity index (χ1) is 9.16. The molecule has 3 rings (SSSR count). The molecule has 100 valence electrons. The van der Waals surface area contributed by atoms with Crippen LogP contribution in [-0.4, -0.2) is 31.4 Å². The summed E-state index contributed by atoms with van der Waals surface area (Å²) in [5, 5.41) is 0.493. The van der Waals surface area contributed by atoms with Gasteiger partial charge in [0.2, 0.25) is 0 Å². The molecule has 0 saturated carbocycles. The summed E-state index contributed by atoms with van der Waals surface area (Å²) < 4.78 is 0. The standard InChI is InChI=1S/C14H15ClN2O2/c15-10-4-5-12-11(8-10)13(18)14(19)17(12)9-16-6-2-1-3-7-16/h4-5,8H,1-3,6-7,9H2/p+1. The molecule has 1 fully saturated rings. The van der Waals surface area contributed by atoms with Crippen molar-refractivity contribution in [3.63, 3.8) is 0 Å². The molecule has 0 aromatic heterocycles. The highest BCUT2D eigenvalue weighted by Crippen LogP contribution is 2.30. The molecule has 2 aliphatic heterocycles. The summed E-state index contributed by atoms with van der Waals surface area (Å²) >= 11 is 5.89. The van der Waals surface area contributed by atoms with E-state index in [-0.39, 0.29) is 0 Å². The van der Waals surface area contributed by atoms with Gasteiger partial charge in [0.25, 0.3) is 5.78 Å². The van der Waals surface area contributed by atoms with E-state index in [1.807, 2.05) is 0 Å². The van der Waals surface area contributed by atoms with Gasteiger partial charge in [-0.05, 0) is 37.5 Å². The Kier molecular flexibility index (Phi) is 3.29. The van der Waals surface area contributed by atoms with Gasteiger partial charge in [0, 0.05) is 5.02 Å². The number of nitrogens with zero attached hydrogens (tertiary/aromatic N) is 1. The van der Waals surface area contributed by atoms with E-state index in [4.69, 9.17) is 11.6 Å². The average Bonchev–Trinajstić information content (AvgIpc) is 2.65. The minimum atomic E-state index is -0.436. The lowest BCUT2D eigenvalue weighted by molar-refractivity contribution is -0.903. The van der Waals surface area contributed by atoms with Gasteiger partial charge in [-0.15, -0.1) is 0 Å². The molecule has 2 aliphatic rings. The van der Waals surface area contributed by atoms with Crippen LogP contribution in [0.25, 0.3) is 0 Å². The van der Waals surface area contributed by atoms with Crippen LogP contribution in [0, 0.1) is 0 Å². The first-order valence-electron chi connectivity index (χ1n) is 6.66. The number of piperidine rings is 1. The van der Waals surface area contributed by atoms with E-state index >= 15 is 0 Å². The predicted octanol–water partition coefficient (Wildman–Crippen LogP) is 0.896. The number of likely N-dealkylation sites (tertiary alicyclic amines) is 1. The summed E-state index contributed by atoms with van der Waals surface area (Å²) in [4.78, 5) is 27.0. The molecule has 19 heavy (non-hydrogen) atoms. The van der Waals surface area contributed by atoms with Crippen LogP contribution in [0.3, 0.4) is 0 Å². The van der Waals surface area contributed by atoms with Crippen LogP contribution in [0.1, 0.15) is 29.6 Å². The lowest BCUT2D eigenvalue weighted by Gasteiger charge is -2.27. The third kappa shape index (κ3) is 2.26. The lowest BCUT2D eigenvalue weighted by Crippen LogP contribution is -3.14. The molecule has 1 saturated heterocycles. The number of Topliss-reactive ketones (excluding diaryl/α,β-unsaturated/α-hetero) is 1. The summed E-state index contributed by atoms with van der Waals surface area (Å²) in [6.45, 7) is 2.72. The predicted molar refractivity (Wildman–Crippen MR) is 72.7 cm³/mol. The van der Waals surface area contributed by atoms with E-state index in [1.54, 1.807) is 23.1 Å². The smallest absolute Gasteiger partial charge is 0.303 e. The van der Waals surface area contributed by atoms with Crippen molar-refractivity contribution >= 4 is 29.0 Å². The number of rotatable bonds is 2. The number of benzene rings is 1. The SMILES string of the molecule is O=C1C(=O)N(C[NH+]2CCCCC2)c2ccc(Cl)cc21. The highest BCUT2D eigenvalue weighted by molar-refractivity contribution is 6.52. The monoisotopic (exact) mass is 279 g/mol. The molecule has 2 heterocycles. The molecule has 0 atom stereocenters. The Balaban J connectivity index is 1.86. The molecule has 1 aromatic carbocycles. The zero-order valence-corrected chi connectivity index (χ0v) is 11.4. The van der Waals surface area contributed by atoms with Gasteiger partial charge in [-0.1, -0.05) is 11.6 Å². The van der Waals surface area contributed by atoms with Crippen molar-refractivity contribution in [2.24, 2.45) is 0 Å². The van der Waals surface area contributed by atoms with E-state index in [1.165, 1.54) is 24.2 Å². The minimum Gasteiger partial charge on any atom is -0.317 e. The molecular weight excluding hydrogens is 264 g/mol. The second-order valence-corrected chi connectivity index (χ2v) is 5.63. The quantitative estimate of drug-likeness (QED) is 0.817. The summed E-state index contributed by atoms with van der Waals surface area (Å²) in [5.41, 5.74) is 1.14. The van der Waals surface area contributed by atoms with Crippen LogP contribution < -0.4 is 9.80 Å². The van der Waals surface area contributed by atoms with Crippen molar-refractivity contribution in [3.05, 3.63) is 28.8 Å². The summed E-state index contributed by atoms with van der Waals surface area (Å²) in [7, 11) is 0. The molecule has 1 amide bonds. The second-order valence-electron chi connectivity index (χ2n) is 5.19. The molecule has 5 heteroatoms. The molecule has 4 nitrogen and oxygen atoms in total. The zero-order valence-electron chi connectivity index (χ0n) is 10.6. The molecule has 0 bridgehead atoms. The molecular formula is C14H16ClN2O2+. The third-order valence-electron chi connectivity index (χ3n) is 3.88. The number of amides is 1. The van der Waals surface area contributed by atoms with Crippen molar-refractivity contribution in [2.75, 3.05) is 24.7 Å². The highest BCUT2D eigenvalue weighted by Gasteiger charge is 2.38. The summed E-state index contributed by atoms with van der Waals surface area (Å²) in [6, 6.07) is 5.08. The molecule has 0 unspecified atom stereocenters. The number of anilines is 1. The molecule has 1 N–H and O–H groups in total. The summed E-state index contributed by atoms with van der Waals surface area (Å²) in [5.74, 6) is -0.857. The fraction of sp³-hybridized carbons (Fsp3) is 0.429. The normalized spacial score (nSPS) is 19.9. The number of carbonyl (C=O) groups excluding carboxylic acids is 2. The maximum absolute atomic E-state index is 12.1. The lowest BCUT2D eigenvalue weighted by atomic mass is 10.1. The number of halogens is 1. The van der Waals surface area contributed by atoms with Gasteiger partial charge in [-0.25, -0.2) is 0 Å². The third-order valence-corrected chi connectivity index (χ3v) is 4.11. The maximum Gasteiger partial charge on any atom is 0.303 e. The van der Waals surface area contributed by atoms with Crippen LogP contribution in [0.5, 0.6) is 0 Å². The van der Waals surface area contributed by atoms with Crippen LogP contribution in [0.2, 0.25) is 5.02 Å². The van der Waals surface area contributed by atoms with Crippen LogP contribution in [-0.2, 0) is 4.79 Å². The fourth-order valence-electron chi connectivity index (χ4n) is 2.86. The van der Waals surface area contributed by atoms with Crippen LogP contribution in [0.4, 0.5) is 5.69 Å². The molecule has 1 aromatic rings. The largest absolute Gasteiger partial charge is 0.317 e. The van der Waals surface area contributed by atoms with Crippen molar-refractivity contribution in [1.29, 1.82) is 0 Å². The number of ketones is 1. The Labute approximate surface area is 116 Å². The number of nitrogens with one attached hydrogen (secondary N) is 1. The second kappa shape index (κ2) is 4.94.